The van der Waals surface area contributed by atoms with Gasteiger partial charge in [-0.25, -0.2) is 0 Å². The average molecular weight is 355 g/mol. The Labute approximate surface area is 160 Å². The molecule has 3 aromatic carbocycles. The summed E-state index contributed by atoms with van der Waals surface area (Å²) in [5.74, 6) is 0. The predicted molar refractivity (Wildman–Crippen MR) is 117 cm³/mol. The maximum Gasteiger partial charge on any atom is 0.0596 e. The number of anilines is 1. The molecule has 27 heavy (non-hydrogen) atoms. The van der Waals surface area contributed by atoms with Crippen LogP contribution >= 0.6 is 0 Å². The van der Waals surface area contributed by atoms with Gasteiger partial charge in [-0.2, -0.15) is 5.10 Å². The Balaban J connectivity index is 1.74. The molecule has 0 saturated heterocycles. The highest BCUT2D eigenvalue weighted by atomic mass is 15.4. The molecule has 0 aliphatic heterocycles. The van der Waals surface area contributed by atoms with Crippen LogP contribution < -0.4 is 5.01 Å². The zero-order chi connectivity index (χ0) is 18.8. The molecule has 0 atom stereocenters. The number of hydrazone groups is 1. The normalized spacial score (nSPS) is 11.7. The fraction of sp³-hybridized carbons (Fsp3) is 0.208. The highest BCUT2D eigenvalue weighted by Gasteiger charge is 2.09. The molecule has 1 aromatic heterocycles. The summed E-state index contributed by atoms with van der Waals surface area (Å²) < 4.78 is 2.37. The number of hydrogen-bond acceptors (Lipinski definition) is 2. The number of aryl methyl sites for hydroxylation is 2. The molecule has 0 fully saturated rings. The van der Waals surface area contributed by atoms with Gasteiger partial charge in [-0.05, 0) is 62.2 Å². The maximum absolute atomic E-state index is 4.74. The second kappa shape index (κ2) is 7.28. The van der Waals surface area contributed by atoms with Crippen molar-refractivity contribution in [3.05, 3.63) is 77.9 Å². The monoisotopic (exact) mass is 355 g/mol. The summed E-state index contributed by atoms with van der Waals surface area (Å²) in [6.45, 7) is 8.23. The van der Waals surface area contributed by atoms with Crippen molar-refractivity contribution in [1.82, 2.24) is 4.57 Å². The molecular weight excluding hydrogens is 330 g/mol. The zero-order valence-corrected chi connectivity index (χ0v) is 16.2. The summed E-state index contributed by atoms with van der Waals surface area (Å²) in [4.78, 5) is 0. The van der Waals surface area contributed by atoms with E-state index < -0.39 is 0 Å². The van der Waals surface area contributed by atoms with Crippen molar-refractivity contribution >= 4 is 33.7 Å². The molecular formula is C24H25N3. The van der Waals surface area contributed by atoms with Crippen LogP contribution in [-0.2, 0) is 6.54 Å². The molecule has 0 radical (unpaired) electrons. The molecule has 0 amide bonds. The van der Waals surface area contributed by atoms with Crippen molar-refractivity contribution in [2.24, 2.45) is 5.10 Å². The molecule has 4 rings (SSSR count). The first-order valence-electron chi connectivity index (χ1n) is 9.60. The molecule has 1 heterocycles. The minimum atomic E-state index is 0.831. The van der Waals surface area contributed by atoms with E-state index in [0.717, 1.165) is 24.3 Å². The summed E-state index contributed by atoms with van der Waals surface area (Å²) in [6.07, 6.45) is 1.96. The molecule has 3 heteroatoms. The van der Waals surface area contributed by atoms with Gasteiger partial charge in [-0.1, -0.05) is 36.4 Å². The first-order valence-corrected chi connectivity index (χ1v) is 9.60. The van der Waals surface area contributed by atoms with Crippen molar-refractivity contribution in [3.63, 3.8) is 0 Å². The van der Waals surface area contributed by atoms with E-state index in [0.29, 0.717) is 0 Å². The average Bonchev–Trinajstić information content (AvgIpc) is 3.01. The Kier molecular flexibility index (Phi) is 4.68. The summed E-state index contributed by atoms with van der Waals surface area (Å²) in [7, 11) is 0. The van der Waals surface area contributed by atoms with E-state index in [2.05, 4.69) is 92.1 Å². The van der Waals surface area contributed by atoms with Gasteiger partial charge >= 0.3 is 0 Å². The van der Waals surface area contributed by atoms with Crippen LogP contribution in [0.3, 0.4) is 0 Å². The van der Waals surface area contributed by atoms with E-state index in [-0.39, 0.29) is 0 Å². The van der Waals surface area contributed by atoms with Gasteiger partial charge in [0.15, 0.2) is 0 Å². The van der Waals surface area contributed by atoms with E-state index in [1.807, 2.05) is 11.2 Å². The topological polar surface area (TPSA) is 20.5 Å². The maximum atomic E-state index is 4.74. The highest BCUT2D eigenvalue weighted by molar-refractivity contribution is 6.09. The number of benzene rings is 3. The second-order valence-electron chi connectivity index (χ2n) is 6.84. The molecule has 3 nitrogen and oxygen atoms in total. The van der Waals surface area contributed by atoms with Gasteiger partial charge in [-0.15, -0.1) is 0 Å². The molecule has 136 valence electrons. The Hall–Kier alpha value is -3.07. The van der Waals surface area contributed by atoms with Crippen LogP contribution in [0.25, 0.3) is 21.8 Å². The molecule has 0 N–H and O–H groups in total. The smallest absolute Gasteiger partial charge is 0.0596 e. The lowest BCUT2D eigenvalue weighted by atomic mass is 10.1. The first kappa shape index (κ1) is 17.3. The van der Waals surface area contributed by atoms with E-state index in [9.17, 15) is 0 Å². The number of para-hydroxylation sites is 1. The minimum Gasteiger partial charge on any atom is -0.341 e. The number of nitrogens with zero attached hydrogens (tertiary/aromatic N) is 3. The molecule has 0 unspecified atom stereocenters. The summed E-state index contributed by atoms with van der Waals surface area (Å²) in [6, 6.07) is 23.7. The fourth-order valence-corrected chi connectivity index (χ4v) is 3.75. The largest absolute Gasteiger partial charge is 0.341 e. The summed E-state index contributed by atoms with van der Waals surface area (Å²) in [5, 5.41) is 9.36. The summed E-state index contributed by atoms with van der Waals surface area (Å²) >= 11 is 0. The Bertz CT molecular complexity index is 1120. The molecule has 0 bridgehead atoms. The quantitative estimate of drug-likeness (QED) is 0.318. The number of aromatic nitrogens is 1. The van der Waals surface area contributed by atoms with Crippen molar-refractivity contribution < 1.29 is 0 Å². The van der Waals surface area contributed by atoms with Gasteiger partial charge in [0, 0.05) is 34.9 Å². The van der Waals surface area contributed by atoms with Crippen molar-refractivity contribution in [3.8, 4) is 0 Å². The Morgan fingerprint density at radius 3 is 2.48 bits per heavy atom. The lowest BCUT2D eigenvalue weighted by Crippen LogP contribution is -2.15. The SMILES string of the molecule is CCN(/N=C\c1ccc2c(c1)c1ccccc1n2CC)c1cccc(C)c1. The third kappa shape index (κ3) is 3.21. The molecule has 0 aliphatic carbocycles. The van der Waals surface area contributed by atoms with Gasteiger partial charge in [0.2, 0.25) is 0 Å². The standard InChI is InChI=1S/C24H25N3/c1-4-26-23-12-7-6-11-21(23)22-16-19(13-14-24(22)26)17-25-27(5-2)20-10-8-9-18(3)15-20/h6-17H,4-5H2,1-3H3/b25-17-. The summed E-state index contributed by atoms with van der Waals surface area (Å²) in [5.41, 5.74) is 6.06. The molecule has 0 spiro atoms. The van der Waals surface area contributed by atoms with Gasteiger partial charge in [0.25, 0.3) is 0 Å². The van der Waals surface area contributed by atoms with Crippen molar-refractivity contribution in [1.29, 1.82) is 0 Å². The van der Waals surface area contributed by atoms with Crippen molar-refractivity contribution in [2.45, 2.75) is 27.3 Å². The van der Waals surface area contributed by atoms with Crippen LogP contribution in [0.2, 0.25) is 0 Å². The Morgan fingerprint density at radius 2 is 1.70 bits per heavy atom. The van der Waals surface area contributed by atoms with Gasteiger partial charge in [-0.3, -0.25) is 5.01 Å². The highest BCUT2D eigenvalue weighted by Crippen LogP contribution is 2.29. The third-order valence-corrected chi connectivity index (χ3v) is 5.06. The van der Waals surface area contributed by atoms with Gasteiger partial charge < -0.3 is 4.57 Å². The number of fused-ring (bicyclic) bond motifs is 3. The second-order valence-corrected chi connectivity index (χ2v) is 6.84. The lowest BCUT2D eigenvalue weighted by molar-refractivity contribution is 0.827. The fourth-order valence-electron chi connectivity index (χ4n) is 3.75. The van der Waals surface area contributed by atoms with Crippen LogP contribution in [-0.4, -0.2) is 17.3 Å². The van der Waals surface area contributed by atoms with Crippen LogP contribution in [0.15, 0.2) is 71.8 Å². The van der Waals surface area contributed by atoms with E-state index in [1.54, 1.807) is 0 Å². The molecule has 4 aromatic rings. The lowest BCUT2D eigenvalue weighted by Gasteiger charge is -2.17. The van der Waals surface area contributed by atoms with Gasteiger partial charge in [0.1, 0.15) is 0 Å². The van der Waals surface area contributed by atoms with Crippen LogP contribution in [0.5, 0.6) is 0 Å². The number of hydrogen-bond donors (Lipinski definition) is 0. The van der Waals surface area contributed by atoms with Gasteiger partial charge in [0.05, 0.1) is 11.9 Å². The zero-order valence-electron chi connectivity index (χ0n) is 16.2. The Morgan fingerprint density at radius 1 is 0.889 bits per heavy atom. The van der Waals surface area contributed by atoms with Crippen molar-refractivity contribution in [2.75, 3.05) is 11.6 Å². The number of rotatable bonds is 5. The first-order chi connectivity index (χ1) is 13.2. The van der Waals surface area contributed by atoms with Crippen LogP contribution in [0.1, 0.15) is 25.0 Å². The van der Waals surface area contributed by atoms with Crippen LogP contribution in [0.4, 0.5) is 5.69 Å². The predicted octanol–water partition coefficient (Wildman–Crippen LogP) is 5.98. The van der Waals surface area contributed by atoms with Crippen LogP contribution in [0, 0.1) is 6.92 Å². The van der Waals surface area contributed by atoms with E-state index >= 15 is 0 Å². The van der Waals surface area contributed by atoms with E-state index in [4.69, 9.17) is 5.10 Å². The molecule has 0 aliphatic rings. The minimum absolute atomic E-state index is 0.831. The third-order valence-electron chi connectivity index (χ3n) is 5.06. The molecule has 0 saturated carbocycles. The van der Waals surface area contributed by atoms with E-state index in [1.165, 1.54) is 27.4 Å².